The Balaban J connectivity index is 1.41. The predicted molar refractivity (Wildman–Crippen MR) is 96.6 cm³/mol. The van der Waals surface area contributed by atoms with Crippen LogP contribution in [0.3, 0.4) is 0 Å². The van der Waals surface area contributed by atoms with Gasteiger partial charge in [0, 0.05) is 31.2 Å². The molecule has 3 aliphatic rings. The molecular weight excluding hydrogens is 314 g/mol. The van der Waals surface area contributed by atoms with Crippen molar-refractivity contribution < 1.29 is 9.59 Å². The van der Waals surface area contributed by atoms with Gasteiger partial charge in [-0.15, -0.1) is 0 Å². The minimum absolute atomic E-state index is 0.00732. The number of anilines is 1. The lowest BCUT2D eigenvalue weighted by Gasteiger charge is -2.28. The van der Waals surface area contributed by atoms with Gasteiger partial charge in [0.15, 0.2) is 0 Å². The lowest BCUT2D eigenvalue weighted by atomic mass is 9.84. The zero-order valence-corrected chi connectivity index (χ0v) is 14.6. The minimum Gasteiger partial charge on any atom is -0.338 e. The average molecular weight is 341 g/mol. The van der Waals surface area contributed by atoms with E-state index in [9.17, 15) is 9.59 Å². The lowest BCUT2D eigenvalue weighted by Crippen LogP contribution is -2.42. The molecule has 4 rings (SSSR count). The van der Waals surface area contributed by atoms with Crippen molar-refractivity contribution in [2.24, 2.45) is 23.5 Å². The number of benzene rings is 1. The van der Waals surface area contributed by atoms with E-state index in [1.807, 2.05) is 29.2 Å². The molecule has 25 heavy (non-hydrogen) atoms. The van der Waals surface area contributed by atoms with Crippen molar-refractivity contribution in [1.29, 1.82) is 0 Å². The van der Waals surface area contributed by atoms with Crippen molar-refractivity contribution in [2.75, 3.05) is 11.9 Å². The fraction of sp³-hybridized carbons (Fsp3) is 0.600. The minimum atomic E-state index is -0.0499. The Morgan fingerprint density at radius 1 is 1.24 bits per heavy atom. The van der Waals surface area contributed by atoms with Crippen LogP contribution in [0, 0.1) is 17.8 Å². The number of nitrogens with one attached hydrogen (secondary N) is 1. The van der Waals surface area contributed by atoms with Crippen LogP contribution in [0.25, 0.3) is 0 Å². The molecule has 1 saturated heterocycles. The van der Waals surface area contributed by atoms with Crippen molar-refractivity contribution in [3.63, 3.8) is 0 Å². The number of hydrogen-bond donors (Lipinski definition) is 2. The Morgan fingerprint density at radius 2 is 2.08 bits per heavy atom. The van der Waals surface area contributed by atoms with Crippen LogP contribution in [0.2, 0.25) is 0 Å². The highest BCUT2D eigenvalue weighted by atomic mass is 16.2. The maximum atomic E-state index is 12.7. The molecule has 1 heterocycles. The number of hydrogen-bond acceptors (Lipinski definition) is 3. The van der Waals surface area contributed by atoms with Gasteiger partial charge in [-0.25, -0.2) is 0 Å². The molecular formula is C20H27N3O2. The van der Waals surface area contributed by atoms with Gasteiger partial charge in [0.2, 0.25) is 11.8 Å². The highest BCUT2D eigenvalue weighted by molar-refractivity contribution is 5.93. The number of piperidine rings is 1. The normalized spacial score (nSPS) is 31.4. The predicted octanol–water partition coefficient (Wildman–Crippen LogP) is 2.51. The third-order valence-electron chi connectivity index (χ3n) is 6.27. The highest BCUT2D eigenvalue weighted by Gasteiger charge is 2.49. The topological polar surface area (TPSA) is 75.4 Å². The Labute approximate surface area is 148 Å². The van der Waals surface area contributed by atoms with Gasteiger partial charge in [0.25, 0.3) is 0 Å². The van der Waals surface area contributed by atoms with E-state index in [2.05, 4.69) is 5.32 Å². The van der Waals surface area contributed by atoms with Crippen molar-refractivity contribution in [3.05, 3.63) is 29.8 Å². The van der Waals surface area contributed by atoms with Gasteiger partial charge in [0.05, 0.1) is 5.92 Å². The van der Waals surface area contributed by atoms with Crippen LogP contribution in [-0.2, 0) is 16.1 Å². The van der Waals surface area contributed by atoms with Crippen LogP contribution < -0.4 is 11.1 Å². The number of rotatable bonds is 4. The summed E-state index contributed by atoms with van der Waals surface area (Å²) in [5, 5.41) is 3.07. The second-order valence-corrected chi connectivity index (χ2v) is 7.90. The van der Waals surface area contributed by atoms with Gasteiger partial charge in [-0.05, 0) is 61.6 Å². The number of amides is 2. The number of carbonyl (C=O) groups excluding carboxylic acids is 2. The fourth-order valence-corrected chi connectivity index (χ4v) is 4.95. The maximum Gasteiger partial charge on any atom is 0.229 e. The molecule has 1 aromatic carbocycles. The van der Waals surface area contributed by atoms with E-state index in [4.69, 9.17) is 5.73 Å². The fourth-order valence-electron chi connectivity index (χ4n) is 4.95. The largest absolute Gasteiger partial charge is 0.338 e. The van der Waals surface area contributed by atoms with E-state index in [0.29, 0.717) is 24.8 Å². The molecule has 4 unspecified atom stereocenters. The Bertz CT molecular complexity index is 673. The number of carbonyl (C=O) groups is 2. The van der Waals surface area contributed by atoms with Gasteiger partial charge in [-0.2, -0.15) is 0 Å². The molecule has 4 atom stereocenters. The molecule has 5 heteroatoms. The van der Waals surface area contributed by atoms with E-state index >= 15 is 0 Å². The van der Waals surface area contributed by atoms with E-state index < -0.39 is 0 Å². The molecule has 3 fully saturated rings. The molecule has 2 aliphatic carbocycles. The zero-order valence-electron chi connectivity index (χ0n) is 14.6. The molecule has 2 amide bonds. The summed E-state index contributed by atoms with van der Waals surface area (Å²) in [6.45, 7) is 1.45. The smallest absolute Gasteiger partial charge is 0.229 e. The highest BCUT2D eigenvalue weighted by Crippen LogP contribution is 2.47. The Morgan fingerprint density at radius 3 is 2.84 bits per heavy atom. The van der Waals surface area contributed by atoms with Crippen molar-refractivity contribution >= 4 is 17.5 Å². The SMILES string of the molecule is NC1C2CCC(C2)C1C(=O)Nc1cccc(CN2CCCCC2=O)c1. The molecule has 5 nitrogen and oxygen atoms in total. The van der Waals surface area contributed by atoms with Crippen LogP contribution in [0.4, 0.5) is 5.69 Å². The summed E-state index contributed by atoms with van der Waals surface area (Å²) >= 11 is 0. The summed E-state index contributed by atoms with van der Waals surface area (Å²) in [4.78, 5) is 26.6. The zero-order chi connectivity index (χ0) is 17.4. The van der Waals surface area contributed by atoms with E-state index in [1.165, 1.54) is 6.42 Å². The number of likely N-dealkylation sites (tertiary alicyclic amines) is 1. The third-order valence-corrected chi connectivity index (χ3v) is 6.27. The summed E-state index contributed by atoms with van der Waals surface area (Å²) in [6, 6.07) is 7.87. The molecule has 0 aromatic heterocycles. The first-order chi connectivity index (χ1) is 12.1. The lowest BCUT2D eigenvalue weighted by molar-refractivity contribution is -0.133. The summed E-state index contributed by atoms with van der Waals surface area (Å²) in [5.41, 5.74) is 8.15. The van der Waals surface area contributed by atoms with Crippen molar-refractivity contribution in [1.82, 2.24) is 4.90 Å². The van der Waals surface area contributed by atoms with E-state index in [1.54, 1.807) is 0 Å². The maximum absolute atomic E-state index is 12.7. The van der Waals surface area contributed by atoms with E-state index in [0.717, 1.165) is 43.5 Å². The van der Waals surface area contributed by atoms with Crippen molar-refractivity contribution in [2.45, 2.75) is 51.1 Å². The van der Waals surface area contributed by atoms with Crippen LogP contribution in [-0.4, -0.2) is 29.3 Å². The second kappa shape index (κ2) is 6.79. The van der Waals surface area contributed by atoms with Crippen LogP contribution in [0.15, 0.2) is 24.3 Å². The van der Waals surface area contributed by atoms with Gasteiger partial charge in [-0.1, -0.05) is 12.1 Å². The quantitative estimate of drug-likeness (QED) is 0.883. The second-order valence-electron chi connectivity index (χ2n) is 7.90. The summed E-state index contributed by atoms with van der Waals surface area (Å²) in [5.74, 6) is 1.22. The molecule has 0 radical (unpaired) electrons. The summed E-state index contributed by atoms with van der Waals surface area (Å²) < 4.78 is 0. The first-order valence-corrected chi connectivity index (χ1v) is 9.55. The number of nitrogens with zero attached hydrogens (tertiary/aromatic N) is 1. The van der Waals surface area contributed by atoms with Gasteiger partial charge in [-0.3, -0.25) is 9.59 Å². The molecule has 2 saturated carbocycles. The van der Waals surface area contributed by atoms with Gasteiger partial charge in [0.1, 0.15) is 0 Å². The first-order valence-electron chi connectivity index (χ1n) is 9.55. The Kier molecular flexibility index (Phi) is 4.50. The standard InChI is InChI=1S/C20H27N3O2/c21-19-15-8-7-14(11-15)18(19)20(25)22-16-5-3-4-13(10-16)12-23-9-2-1-6-17(23)24/h3-5,10,14-15,18-19H,1-2,6-9,11-12,21H2,(H,22,25). The average Bonchev–Trinajstić information content (AvgIpc) is 3.18. The van der Waals surface area contributed by atoms with Crippen LogP contribution in [0.5, 0.6) is 0 Å². The Hall–Kier alpha value is -1.88. The summed E-state index contributed by atoms with van der Waals surface area (Å²) in [6.07, 6.45) is 6.14. The number of nitrogens with two attached hydrogens (primary N) is 1. The van der Waals surface area contributed by atoms with Crippen LogP contribution in [0.1, 0.15) is 44.1 Å². The van der Waals surface area contributed by atoms with Crippen LogP contribution >= 0.6 is 0 Å². The summed E-state index contributed by atoms with van der Waals surface area (Å²) in [7, 11) is 0. The first kappa shape index (κ1) is 16.6. The van der Waals surface area contributed by atoms with Gasteiger partial charge >= 0.3 is 0 Å². The molecule has 134 valence electrons. The number of fused-ring (bicyclic) bond motifs is 2. The molecule has 0 spiro atoms. The molecule has 1 aromatic rings. The molecule has 1 aliphatic heterocycles. The third kappa shape index (κ3) is 3.30. The molecule has 3 N–H and O–H groups in total. The molecule has 2 bridgehead atoms. The monoisotopic (exact) mass is 341 g/mol. The van der Waals surface area contributed by atoms with E-state index in [-0.39, 0.29) is 23.8 Å². The van der Waals surface area contributed by atoms with Crippen molar-refractivity contribution in [3.8, 4) is 0 Å². The van der Waals surface area contributed by atoms with Gasteiger partial charge < -0.3 is 16.0 Å².